The highest BCUT2D eigenvalue weighted by Crippen LogP contribution is 2.25. The first-order valence-electron chi connectivity index (χ1n) is 9.41. The van der Waals surface area contributed by atoms with Crippen LogP contribution >= 0.6 is 0 Å². The zero-order chi connectivity index (χ0) is 19.2. The molecule has 2 aromatic rings. The van der Waals surface area contributed by atoms with E-state index in [0.717, 1.165) is 42.1 Å². The zero-order valence-corrected chi connectivity index (χ0v) is 16.4. The number of nitrogens with zero attached hydrogens (tertiary/aromatic N) is 3. The molecule has 1 aromatic heterocycles. The highest BCUT2D eigenvalue weighted by Gasteiger charge is 2.25. The summed E-state index contributed by atoms with van der Waals surface area (Å²) in [6.45, 7) is 5.78. The lowest BCUT2D eigenvalue weighted by molar-refractivity contribution is 0.0754. The molecule has 0 bridgehead atoms. The van der Waals surface area contributed by atoms with Crippen molar-refractivity contribution in [3.63, 3.8) is 0 Å². The number of ether oxygens (including phenoxy) is 1. The molecule has 1 N–H and O–H groups in total. The highest BCUT2D eigenvalue weighted by molar-refractivity contribution is 6.00. The van der Waals surface area contributed by atoms with Crippen LogP contribution < -0.4 is 15.0 Å². The molecule has 1 aliphatic rings. The number of anilines is 1. The summed E-state index contributed by atoms with van der Waals surface area (Å²) in [5.74, 6) is 0.915. The van der Waals surface area contributed by atoms with E-state index in [-0.39, 0.29) is 5.91 Å². The number of carbonyl (C=O) groups is 1. The molecule has 1 amide bonds. The van der Waals surface area contributed by atoms with Crippen molar-refractivity contribution < 1.29 is 9.53 Å². The maximum atomic E-state index is 13.0. The molecule has 3 rings (SSSR count). The molecule has 144 valence electrons. The summed E-state index contributed by atoms with van der Waals surface area (Å²) >= 11 is 0. The van der Waals surface area contributed by atoms with Gasteiger partial charge < -0.3 is 19.9 Å². The second-order valence-corrected chi connectivity index (χ2v) is 6.93. The number of nitrogens with one attached hydrogen (secondary N) is 1. The van der Waals surface area contributed by atoms with E-state index in [4.69, 9.17) is 4.74 Å². The molecule has 27 heavy (non-hydrogen) atoms. The first-order valence-corrected chi connectivity index (χ1v) is 9.41. The lowest BCUT2D eigenvalue weighted by atomic mass is 10.1. The van der Waals surface area contributed by atoms with Gasteiger partial charge in [-0.15, -0.1) is 0 Å². The van der Waals surface area contributed by atoms with Gasteiger partial charge in [-0.05, 0) is 56.3 Å². The van der Waals surface area contributed by atoms with Crippen LogP contribution in [0.2, 0.25) is 0 Å². The van der Waals surface area contributed by atoms with Gasteiger partial charge in [0.2, 0.25) is 0 Å². The summed E-state index contributed by atoms with van der Waals surface area (Å²) in [5.41, 5.74) is 3.89. The Labute approximate surface area is 161 Å². The summed E-state index contributed by atoms with van der Waals surface area (Å²) in [5, 5.41) is 3.11. The molecular formula is C21H28N4O2. The number of fused-ring (bicyclic) bond motifs is 1. The van der Waals surface area contributed by atoms with Crippen LogP contribution in [0.15, 0.2) is 36.7 Å². The second-order valence-electron chi connectivity index (χ2n) is 6.93. The van der Waals surface area contributed by atoms with Crippen molar-refractivity contribution >= 4 is 11.6 Å². The summed E-state index contributed by atoms with van der Waals surface area (Å²) < 4.78 is 5.80. The predicted octanol–water partition coefficient (Wildman–Crippen LogP) is 2.47. The summed E-state index contributed by atoms with van der Waals surface area (Å²) in [7, 11) is 3.95. The third-order valence-electron chi connectivity index (χ3n) is 4.95. The number of pyridine rings is 1. The van der Waals surface area contributed by atoms with Crippen LogP contribution in [0.5, 0.6) is 5.75 Å². The molecule has 0 unspecified atom stereocenters. The van der Waals surface area contributed by atoms with Crippen molar-refractivity contribution in [3.8, 4) is 5.75 Å². The number of hydrogen-bond donors (Lipinski definition) is 1. The van der Waals surface area contributed by atoms with Gasteiger partial charge in [-0.25, -0.2) is 0 Å². The SMILES string of the molecule is CNCCCOc1ccc(CN2CCN(C)c3ccncc3C2=O)c(C)c1. The first kappa shape index (κ1) is 19.2. The molecule has 0 saturated heterocycles. The van der Waals surface area contributed by atoms with Crippen molar-refractivity contribution in [1.82, 2.24) is 15.2 Å². The van der Waals surface area contributed by atoms with Gasteiger partial charge in [0.1, 0.15) is 5.75 Å². The number of rotatable bonds is 7. The summed E-state index contributed by atoms with van der Waals surface area (Å²) in [4.78, 5) is 21.2. The van der Waals surface area contributed by atoms with Crippen molar-refractivity contribution in [2.75, 3.05) is 45.2 Å². The largest absolute Gasteiger partial charge is 0.494 e. The van der Waals surface area contributed by atoms with E-state index in [2.05, 4.69) is 34.3 Å². The van der Waals surface area contributed by atoms with E-state index in [1.807, 2.05) is 31.1 Å². The smallest absolute Gasteiger partial charge is 0.257 e. The van der Waals surface area contributed by atoms with Gasteiger partial charge in [0, 0.05) is 39.1 Å². The number of likely N-dealkylation sites (N-methyl/N-ethyl adjacent to an activating group) is 1. The van der Waals surface area contributed by atoms with Crippen LogP contribution in [0.4, 0.5) is 5.69 Å². The van der Waals surface area contributed by atoms with Crippen LogP contribution in [0, 0.1) is 6.92 Å². The Hall–Kier alpha value is -2.60. The van der Waals surface area contributed by atoms with Gasteiger partial charge in [0.15, 0.2) is 0 Å². The molecule has 0 atom stereocenters. The third kappa shape index (κ3) is 4.57. The molecule has 1 aliphatic heterocycles. The number of aromatic nitrogens is 1. The Morgan fingerprint density at radius 2 is 2.11 bits per heavy atom. The molecule has 6 nitrogen and oxygen atoms in total. The second kappa shape index (κ2) is 8.86. The Balaban J connectivity index is 1.70. The predicted molar refractivity (Wildman–Crippen MR) is 107 cm³/mol. The van der Waals surface area contributed by atoms with Crippen LogP contribution in [-0.4, -0.2) is 56.1 Å². The van der Waals surface area contributed by atoms with Crippen LogP contribution in [0.3, 0.4) is 0 Å². The van der Waals surface area contributed by atoms with E-state index in [0.29, 0.717) is 25.3 Å². The van der Waals surface area contributed by atoms with E-state index in [1.165, 1.54) is 0 Å². The van der Waals surface area contributed by atoms with E-state index < -0.39 is 0 Å². The fourth-order valence-electron chi connectivity index (χ4n) is 3.28. The van der Waals surface area contributed by atoms with Gasteiger partial charge in [0.25, 0.3) is 5.91 Å². The van der Waals surface area contributed by atoms with Crippen LogP contribution in [0.25, 0.3) is 0 Å². The van der Waals surface area contributed by atoms with E-state index >= 15 is 0 Å². The van der Waals surface area contributed by atoms with Gasteiger partial charge in [0.05, 0.1) is 17.9 Å². The molecule has 0 spiro atoms. The molecule has 0 aliphatic carbocycles. The summed E-state index contributed by atoms with van der Waals surface area (Å²) in [6, 6.07) is 8.02. The number of amides is 1. The zero-order valence-electron chi connectivity index (χ0n) is 16.4. The van der Waals surface area contributed by atoms with E-state index in [1.54, 1.807) is 12.4 Å². The average molecular weight is 368 g/mol. The first-order chi connectivity index (χ1) is 13.1. The van der Waals surface area contributed by atoms with Gasteiger partial charge in [-0.3, -0.25) is 9.78 Å². The maximum Gasteiger partial charge on any atom is 0.257 e. The number of hydrogen-bond acceptors (Lipinski definition) is 5. The molecule has 0 radical (unpaired) electrons. The van der Waals surface area contributed by atoms with Gasteiger partial charge >= 0.3 is 0 Å². The summed E-state index contributed by atoms with van der Waals surface area (Å²) in [6.07, 6.45) is 4.37. The Bertz CT molecular complexity index is 794. The third-order valence-corrected chi connectivity index (χ3v) is 4.95. The van der Waals surface area contributed by atoms with Crippen molar-refractivity contribution in [3.05, 3.63) is 53.3 Å². The minimum Gasteiger partial charge on any atom is -0.494 e. The normalized spacial score (nSPS) is 14.1. The molecule has 1 aromatic carbocycles. The quantitative estimate of drug-likeness (QED) is 0.761. The van der Waals surface area contributed by atoms with E-state index in [9.17, 15) is 4.79 Å². The molecule has 0 fully saturated rings. The molecule has 0 saturated carbocycles. The number of aryl methyl sites for hydroxylation is 1. The standard InChI is InChI=1S/C21H28N4O2/c1-16-13-18(27-12-4-8-22-2)6-5-17(16)15-25-11-10-24(3)20-7-9-23-14-19(20)21(25)26/h5-7,9,13-14,22H,4,8,10-12,15H2,1-3H3. The Kier molecular flexibility index (Phi) is 6.29. The molecular weight excluding hydrogens is 340 g/mol. The minimum atomic E-state index is 0.0363. The lowest BCUT2D eigenvalue weighted by Gasteiger charge is -2.22. The molecule has 2 heterocycles. The average Bonchev–Trinajstić information content (AvgIpc) is 2.79. The molecule has 6 heteroatoms. The number of carbonyl (C=O) groups excluding carboxylic acids is 1. The lowest BCUT2D eigenvalue weighted by Crippen LogP contribution is -2.33. The fraction of sp³-hybridized carbons (Fsp3) is 0.429. The van der Waals surface area contributed by atoms with Crippen LogP contribution in [0.1, 0.15) is 27.9 Å². The van der Waals surface area contributed by atoms with Crippen molar-refractivity contribution in [1.29, 1.82) is 0 Å². The van der Waals surface area contributed by atoms with Crippen molar-refractivity contribution in [2.24, 2.45) is 0 Å². The monoisotopic (exact) mass is 368 g/mol. The minimum absolute atomic E-state index is 0.0363. The fourth-order valence-corrected chi connectivity index (χ4v) is 3.28. The number of benzene rings is 1. The van der Waals surface area contributed by atoms with Crippen LogP contribution in [-0.2, 0) is 6.54 Å². The van der Waals surface area contributed by atoms with Crippen molar-refractivity contribution in [2.45, 2.75) is 19.9 Å². The topological polar surface area (TPSA) is 57.7 Å². The van der Waals surface area contributed by atoms with Gasteiger partial charge in [-0.2, -0.15) is 0 Å². The maximum absolute atomic E-state index is 13.0. The van der Waals surface area contributed by atoms with Gasteiger partial charge in [-0.1, -0.05) is 6.07 Å². The Morgan fingerprint density at radius 3 is 2.89 bits per heavy atom. The highest BCUT2D eigenvalue weighted by atomic mass is 16.5. The Morgan fingerprint density at radius 1 is 1.26 bits per heavy atom.